The molecular formula is C16H26BrClS. The molecule has 0 radical (unpaired) electrons. The fraction of sp³-hybridized carbons (Fsp3) is 0.875. The smallest absolute Gasteiger partial charge is 0.0367 e. The Labute approximate surface area is 136 Å². The van der Waals surface area contributed by atoms with Crippen molar-refractivity contribution in [3.05, 3.63) is 12.2 Å². The second kappa shape index (κ2) is 7.22. The zero-order chi connectivity index (χ0) is 14.0. The third kappa shape index (κ3) is 3.74. The van der Waals surface area contributed by atoms with Gasteiger partial charge in [-0.3, -0.25) is 0 Å². The Morgan fingerprint density at radius 1 is 1.47 bits per heavy atom. The standard InChI is InChI=1S/C16H26BrClS/c1-4-14-12(9-8-11(3)18)15-13(17)7-5-6-10(2)16(15)19-14/h5,7,10-16H,4,6,8-9H2,1-3H3/t10-,11?,12+,13?,14?,15?,16?/m0/s1. The lowest BCUT2D eigenvalue weighted by Crippen LogP contribution is -2.31. The summed E-state index contributed by atoms with van der Waals surface area (Å²) in [6.07, 6.45) is 9.77. The van der Waals surface area contributed by atoms with Crippen molar-refractivity contribution in [3.63, 3.8) is 0 Å². The van der Waals surface area contributed by atoms with Crippen molar-refractivity contribution >= 4 is 39.3 Å². The van der Waals surface area contributed by atoms with Gasteiger partial charge in [0.1, 0.15) is 0 Å². The third-order valence-corrected chi connectivity index (χ3v) is 8.00. The Balaban J connectivity index is 2.15. The summed E-state index contributed by atoms with van der Waals surface area (Å²) >= 11 is 12.4. The first kappa shape index (κ1) is 16.2. The molecule has 0 N–H and O–H groups in total. The summed E-state index contributed by atoms with van der Waals surface area (Å²) in [4.78, 5) is 0.558. The number of halogens is 2. The number of hydrogen-bond donors (Lipinski definition) is 0. The van der Waals surface area contributed by atoms with E-state index in [2.05, 4.69) is 60.6 Å². The highest BCUT2D eigenvalue weighted by Gasteiger charge is 2.47. The molecule has 1 aliphatic heterocycles. The molecule has 1 fully saturated rings. The summed E-state index contributed by atoms with van der Waals surface area (Å²) < 4.78 is 0. The summed E-state index contributed by atoms with van der Waals surface area (Å²) in [6, 6.07) is 0. The van der Waals surface area contributed by atoms with Gasteiger partial charge in [0.05, 0.1) is 0 Å². The number of alkyl halides is 2. The molecule has 0 aromatic rings. The summed E-state index contributed by atoms with van der Waals surface area (Å²) in [5, 5.41) is 1.97. The fourth-order valence-electron chi connectivity index (χ4n) is 3.70. The summed E-state index contributed by atoms with van der Waals surface area (Å²) in [5.41, 5.74) is 0. The van der Waals surface area contributed by atoms with Crippen LogP contribution in [0.5, 0.6) is 0 Å². The van der Waals surface area contributed by atoms with Crippen LogP contribution in [0, 0.1) is 17.8 Å². The van der Waals surface area contributed by atoms with Crippen LogP contribution in [-0.4, -0.2) is 20.7 Å². The monoisotopic (exact) mass is 364 g/mol. The van der Waals surface area contributed by atoms with Gasteiger partial charge in [0.25, 0.3) is 0 Å². The van der Waals surface area contributed by atoms with Gasteiger partial charge in [0.15, 0.2) is 0 Å². The highest BCUT2D eigenvalue weighted by molar-refractivity contribution is 9.09. The predicted molar refractivity (Wildman–Crippen MR) is 92.6 cm³/mol. The molecule has 0 aromatic heterocycles. The Bertz CT molecular complexity index is 318. The van der Waals surface area contributed by atoms with E-state index in [9.17, 15) is 0 Å². The minimum Gasteiger partial charge on any atom is -0.154 e. The quantitative estimate of drug-likeness (QED) is 0.443. The SMILES string of the molecule is CCC1SC2C(C(Br)C=CC[C@@H]2C)[C@@H]1CCC(C)Cl. The van der Waals surface area contributed by atoms with Crippen LogP contribution in [0.2, 0.25) is 0 Å². The van der Waals surface area contributed by atoms with Crippen molar-refractivity contribution in [2.75, 3.05) is 0 Å². The van der Waals surface area contributed by atoms with Crippen LogP contribution in [0.15, 0.2) is 12.2 Å². The van der Waals surface area contributed by atoms with Crippen LogP contribution >= 0.6 is 39.3 Å². The van der Waals surface area contributed by atoms with Gasteiger partial charge in [-0.1, -0.05) is 41.9 Å². The second-order valence-electron chi connectivity index (χ2n) is 6.23. The van der Waals surface area contributed by atoms with Gasteiger partial charge >= 0.3 is 0 Å². The molecule has 1 heterocycles. The molecule has 0 saturated carbocycles. The van der Waals surface area contributed by atoms with Gasteiger partial charge in [-0.15, -0.1) is 11.6 Å². The van der Waals surface area contributed by atoms with Crippen molar-refractivity contribution in [1.82, 2.24) is 0 Å². The first-order valence-corrected chi connectivity index (χ1v) is 9.94. The van der Waals surface area contributed by atoms with Crippen LogP contribution in [-0.2, 0) is 0 Å². The maximum absolute atomic E-state index is 6.19. The Kier molecular flexibility index (Phi) is 6.17. The zero-order valence-electron chi connectivity index (χ0n) is 12.2. The predicted octanol–water partition coefficient (Wildman–Crippen LogP) is 5.88. The average Bonchev–Trinajstić information content (AvgIpc) is 2.68. The van der Waals surface area contributed by atoms with E-state index in [0.29, 0.717) is 10.2 Å². The van der Waals surface area contributed by atoms with Crippen molar-refractivity contribution in [2.45, 2.75) is 67.2 Å². The largest absolute Gasteiger partial charge is 0.154 e. The third-order valence-electron chi connectivity index (χ3n) is 4.74. The van der Waals surface area contributed by atoms with E-state index in [0.717, 1.165) is 34.7 Å². The van der Waals surface area contributed by atoms with E-state index in [4.69, 9.17) is 11.6 Å². The molecule has 19 heavy (non-hydrogen) atoms. The van der Waals surface area contributed by atoms with Crippen molar-refractivity contribution in [1.29, 1.82) is 0 Å². The highest BCUT2D eigenvalue weighted by atomic mass is 79.9. The maximum Gasteiger partial charge on any atom is 0.0367 e. The molecule has 2 rings (SSSR count). The molecule has 0 nitrogen and oxygen atoms in total. The first-order valence-electron chi connectivity index (χ1n) is 7.64. The molecule has 0 aromatic carbocycles. The summed E-state index contributed by atoms with van der Waals surface area (Å²) in [6.45, 7) is 6.91. The van der Waals surface area contributed by atoms with Crippen LogP contribution in [0.4, 0.5) is 0 Å². The lowest BCUT2D eigenvalue weighted by Gasteiger charge is -2.29. The minimum absolute atomic E-state index is 0.314. The van der Waals surface area contributed by atoms with Gasteiger partial charge in [-0.05, 0) is 50.4 Å². The highest BCUT2D eigenvalue weighted by Crippen LogP contribution is 2.53. The maximum atomic E-state index is 6.19. The molecule has 1 aliphatic carbocycles. The first-order chi connectivity index (χ1) is 9.04. The van der Waals surface area contributed by atoms with Crippen molar-refractivity contribution in [3.8, 4) is 0 Å². The van der Waals surface area contributed by atoms with Crippen LogP contribution in [0.1, 0.15) is 46.5 Å². The molecule has 7 atom stereocenters. The van der Waals surface area contributed by atoms with Gasteiger partial charge in [0, 0.05) is 20.7 Å². The number of allylic oxidation sites excluding steroid dienone is 2. The van der Waals surface area contributed by atoms with E-state index in [-0.39, 0.29) is 0 Å². The molecule has 0 bridgehead atoms. The number of thioether (sulfide) groups is 1. The molecule has 0 amide bonds. The van der Waals surface area contributed by atoms with Crippen LogP contribution in [0.25, 0.3) is 0 Å². The second-order valence-corrected chi connectivity index (χ2v) is 9.46. The zero-order valence-corrected chi connectivity index (χ0v) is 15.3. The van der Waals surface area contributed by atoms with Gasteiger partial charge in [-0.2, -0.15) is 11.8 Å². The lowest BCUT2D eigenvalue weighted by atomic mass is 9.78. The average molecular weight is 366 g/mol. The lowest BCUT2D eigenvalue weighted by molar-refractivity contribution is 0.295. The van der Waals surface area contributed by atoms with Gasteiger partial charge in [-0.25, -0.2) is 0 Å². The van der Waals surface area contributed by atoms with Crippen LogP contribution < -0.4 is 0 Å². The molecular weight excluding hydrogens is 340 g/mol. The van der Waals surface area contributed by atoms with E-state index in [1.165, 1.54) is 19.3 Å². The topological polar surface area (TPSA) is 0 Å². The normalized spacial score (nSPS) is 43.8. The van der Waals surface area contributed by atoms with E-state index in [1.807, 2.05) is 0 Å². The number of fused-ring (bicyclic) bond motifs is 1. The van der Waals surface area contributed by atoms with Crippen molar-refractivity contribution < 1.29 is 0 Å². The minimum atomic E-state index is 0.314. The Morgan fingerprint density at radius 2 is 2.21 bits per heavy atom. The van der Waals surface area contributed by atoms with Crippen molar-refractivity contribution in [2.24, 2.45) is 17.8 Å². The molecule has 0 spiro atoms. The number of rotatable bonds is 4. The van der Waals surface area contributed by atoms with Crippen LogP contribution in [0.3, 0.4) is 0 Å². The Morgan fingerprint density at radius 3 is 2.84 bits per heavy atom. The van der Waals surface area contributed by atoms with E-state index in [1.54, 1.807) is 0 Å². The molecule has 5 unspecified atom stereocenters. The van der Waals surface area contributed by atoms with Gasteiger partial charge < -0.3 is 0 Å². The molecule has 3 heteroatoms. The van der Waals surface area contributed by atoms with E-state index >= 15 is 0 Å². The Hall–Kier alpha value is 0.860. The fourth-order valence-corrected chi connectivity index (χ4v) is 7.01. The summed E-state index contributed by atoms with van der Waals surface area (Å²) in [5.74, 6) is 2.43. The van der Waals surface area contributed by atoms with E-state index < -0.39 is 0 Å². The molecule has 110 valence electrons. The molecule has 1 saturated heterocycles. The summed E-state index contributed by atoms with van der Waals surface area (Å²) in [7, 11) is 0. The van der Waals surface area contributed by atoms with Gasteiger partial charge in [0.2, 0.25) is 0 Å². The molecule has 2 aliphatic rings. The number of hydrogen-bond acceptors (Lipinski definition) is 1.